The average molecular weight is 237 g/mol. The quantitative estimate of drug-likeness (QED) is 0.786. The second-order valence-corrected chi connectivity index (χ2v) is 4.86. The minimum atomic E-state index is -0.0444. The van der Waals surface area contributed by atoms with Crippen LogP contribution in [0.1, 0.15) is 39.4 Å². The van der Waals surface area contributed by atoms with E-state index in [1.165, 1.54) is 0 Å². The number of imidazole rings is 1. The first kappa shape index (κ1) is 13.9. The average Bonchev–Trinajstić information content (AvgIpc) is 2.66. The number of hydrogen-bond acceptors (Lipinski definition) is 3. The Kier molecular flexibility index (Phi) is 5.35. The molecule has 4 nitrogen and oxygen atoms in total. The van der Waals surface area contributed by atoms with E-state index < -0.39 is 0 Å². The van der Waals surface area contributed by atoms with Gasteiger partial charge < -0.3 is 10.3 Å². The van der Waals surface area contributed by atoms with Gasteiger partial charge in [-0.05, 0) is 12.3 Å². The third-order valence-electron chi connectivity index (χ3n) is 2.94. The highest BCUT2D eigenvalue weighted by molar-refractivity contribution is 5.80. The highest BCUT2D eigenvalue weighted by atomic mass is 16.1. The number of carbonyl (C=O) groups excluding carboxylic acids is 1. The van der Waals surface area contributed by atoms with Crippen LogP contribution in [-0.4, -0.2) is 21.4 Å². The zero-order valence-electron chi connectivity index (χ0n) is 11.0. The van der Waals surface area contributed by atoms with Gasteiger partial charge in [0.15, 0.2) is 0 Å². The molecule has 17 heavy (non-hydrogen) atoms. The molecule has 1 aromatic rings. The van der Waals surface area contributed by atoms with Gasteiger partial charge in [-0.2, -0.15) is 0 Å². The van der Waals surface area contributed by atoms with Crippen LogP contribution < -0.4 is 5.73 Å². The summed E-state index contributed by atoms with van der Waals surface area (Å²) in [6, 6.07) is -0.0444. The molecule has 0 spiro atoms. The van der Waals surface area contributed by atoms with Gasteiger partial charge in [0.1, 0.15) is 11.6 Å². The number of ketones is 1. The summed E-state index contributed by atoms with van der Waals surface area (Å²) in [6.07, 6.45) is 5.56. The molecular weight excluding hydrogens is 214 g/mol. The molecule has 0 saturated carbocycles. The van der Waals surface area contributed by atoms with Crippen molar-refractivity contribution in [2.45, 2.75) is 52.6 Å². The van der Waals surface area contributed by atoms with Gasteiger partial charge in [0.05, 0.1) is 6.42 Å². The lowest BCUT2D eigenvalue weighted by molar-refractivity contribution is -0.119. The van der Waals surface area contributed by atoms with Crippen LogP contribution in [0.3, 0.4) is 0 Å². The molecule has 0 radical (unpaired) electrons. The summed E-state index contributed by atoms with van der Waals surface area (Å²) in [6.45, 7) is 7.10. The number of nitrogens with two attached hydrogens (primary N) is 1. The molecule has 1 unspecified atom stereocenters. The maximum absolute atomic E-state index is 11.8. The van der Waals surface area contributed by atoms with Crippen LogP contribution in [0.4, 0.5) is 0 Å². The molecule has 2 N–H and O–H groups in total. The Morgan fingerprint density at radius 3 is 2.82 bits per heavy atom. The summed E-state index contributed by atoms with van der Waals surface area (Å²) in [5.41, 5.74) is 5.90. The van der Waals surface area contributed by atoms with Crippen molar-refractivity contribution in [1.82, 2.24) is 9.55 Å². The number of Topliss-reactive ketones (excluding diaryl/α,β-unsaturated/α-hetero) is 1. The summed E-state index contributed by atoms with van der Waals surface area (Å²) < 4.78 is 2.04. The molecule has 1 aromatic heterocycles. The van der Waals surface area contributed by atoms with Gasteiger partial charge in [-0.3, -0.25) is 4.79 Å². The normalized spacial score (nSPS) is 13.0. The summed E-state index contributed by atoms with van der Waals surface area (Å²) in [5, 5.41) is 0. The van der Waals surface area contributed by atoms with Crippen molar-refractivity contribution >= 4 is 5.78 Å². The summed E-state index contributed by atoms with van der Waals surface area (Å²) in [4.78, 5) is 16.1. The fraction of sp³-hybridized carbons (Fsp3) is 0.692. The summed E-state index contributed by atoms with van der Waals surface area (Å²) in [5.74, 6) is 1.37. The molecule has 0 aliphatic rings. The van der Waals surface area contributed by atoms with Crippen LogP contribution >= 0.6 is 0 Å². The minimum absolute atomic E-state index is 0.0444. The van der Waals surface area contributed by atoms with Gasteiger partial charge in [-0.15, -0.1) is 0 Å². The third-order valence-corrected chi connectivity index (χ3v) is 2.94. The van der Waals surface area contributed by atoms with E-state index in [1.54, 1.807) is 6.20 Å². The minimum Gasteiger partial charge on any atom is -0.335 e. The van der Waals surface area contributed by atoms with Crippen LogP contribution in [0.25, 0.3) is 0 Å². The molecule has 0 saturated heterocycles. The Labute approximate surface area is 103 Å². The van der Waals surface area contributed by atoms with E-state index in [0.717, 1.165) is 18.8 Å². The predicted octanol–water partition coefficient (Wildman–Crippen LogP) is 1.78. The summed E-state index contributed by atoms with van der Waals surface area (Å²) in [7, 11) is 0. The van der Waals surface area contributed by atoms with E-state index in [1.807, 2.05) is 24.6 Å². The van der Waals surface area contributed by atoms with Gasteiger partial charge in [0.2, 0.25) is 0 Å². The molecule has 0 aromatic carbocycles. The number of carbonyl (C=O) groups is 1. The first-order valence-corrected chi connectivity index (χ1v) is 6.31. The zero-order valence-corrected chi connectivity index (χ0v) is 11.0. The van der Waals surface area contributed by atoms with Gasteiger partial charge >= 0.3 is 0 Å². The lowest BCUT2D eigenvalue weighted by Gasteiger charge is -2.14. The van der Waals surface area contributed by atoms with Crippen molar-refractivity contribution < 1.29 is 4.79 Å². The molecule has 1 atom stereocenters. The lowest BCUT2D eigenvalue weighted by Crippen LogP contribution is -2.30. The van der Waals surface area contributed by atoms with Crippen LogP contribution in [0.15, 0.2) is 12.4 Å². The molecule has 1 heterocycles. The number of aryl methyl sites for hydroxylation is 1. The third kappa shape index (κ3) is 4.30. The second-order valence-electron chi connectivity index (χ2n) is 4.86. The Morgan fingerprint density at radius 1 is 1.53 bits per heavy atom. The van der Waals surface area contributed by atoms with Gasteiger partial charge in [-0.25, -0.2) is 4.98 Å². The predicted molar refractivity (Wildman–Crippen MR) is 68.7 cm³/mol. The van der Waals surface area contributed by atoms with Crippen LogP contribution in [0.5, 0.6) is 0 Å². The van der Waals surface area contributed by atoms with Gasteiger partial charge in [0.25, 0.3) is 0 Å². The van der Waals surface area contributed by atoms with Crippen LogP contribution in [0.2, 0.25) is 0 Å². The standard InChI is InChI=1S/C13H23N3O/c1-4-6-16-7-5-15-13(16)9-11(17)8-12(14)10(2)3/h5,7,10,12H,4,6,8-9,14H2,1-3H3. The first-order chi connectivity index (χ1) is 8.04. The van der Waals surface area contributed by atoms with Crippen molar-refractivity contribution in [3.63, 3.8) is 0 Å². The number of hydrogen-bond donors (Lipinski definition) is 1. The smallest absolute Gasteiger partial charge is 0.141 e. The number of rotatable bonds is 7. The Bertz CT molecular complexity index is 357. The van der Waals surface area contributed by atoms with Crippen LogP contribution in [0, 0.1) is 5.92 Å². The monoisotopic (exact) mass is 237 g/mol. The Balaban J connectivity index is 2.53. The highest BCUT2D eigenvalue weighted by Gasteiger charge is 2.15. The van der Waals surface area contributed by atoms with Crippen LogP contribution in [-0.2, 0) is 17.8 Å². The molecule has 0 amide bonds. The highest BCUT2D eigenvalue weighted by Crippen LogP contribution is 2.07. The van der Waals surface area contributed by atoms with Crippen molar-refractivity contribution in [3.05, 3.63) is 18.2 Å². The molecule has 1 rings (SSSR count). The van der Waals surface area contributed by atoms with E-state index in [-0.39, 0.29) is 11.8 Å². The number of nitrogens with zero attached hydrogens (tertiary/aromatic N) is 2. The molecule has 0 aliphatic heterocycles. The van der Waals surface area contributed by atoms with Gasteiger partial charge in [0, 0.05) is 31.4 Å². The largest absolute Gasteiger partial charge is 0.335 e. The van der Waals surface area contributed by atoms with Gasteiger partial charge in [-0.1, -0.05) is 20.8 Å². The fourth-order valence-corrected chi connectivity index (χ4v) is 1.70. The van der Waals surface area contributed by atoms with E-state index in [0.29, 0.717) is 18.8 Å². The van der Waals surface area contributed by atoms with Crippen molar-refractivity contribution in [2.24, 2.45) is 11.7 Å². The maximum Gasteiger partial charge on any atom is 0.141 e. The second kappa shape index (κ2) is 6.55. The number of aromatic nitrogens is 2. The summed E-state index contributed by atoms with van der Waals surface area (Å²) >= 11 is 0. The Hall–Kier alpha value is -1.16. The Morgan fingerprint density at radius 2 is 2.24 bits per heavy atom. The van der Waals surface area contributed by atoms with E-state index in [9.17, 15) is 4.79 Å². The fourth-order valence-electron chi connectivity index (χ4n) is 1.70. The molecular formula is C13H23N3O. The molecule has 0 bridgehead atoms. The zero-order chi connectivity index (χ0) is 12.8. The molecule has 0 aliphatic carbocycles. The van der Waals surface area contributed by atoms with E-state index in [2.05, 4.69) is 11.9 Å². The van der Waals surface area contributed by atoms with E-state index >= 15 is 0 Å². The van der Waals surface area contributed by atoms with Crippen molar-refractivity contribution in [3.8, 4) is 0 Å². The molecule has 4 heteroatoms. The molecule has 0 fully saturated rings. The molecule has 96 valence electrons. The lowest BCUT2D eigenvalue weighted by atomic mass is 9.98. The SMILES string of the molecule is CCCn1ccnc1CC(=O)CC(N)C(C)C. The topological polar surface area (TPSA) is 60.9 Å². The first-order valence-electron chi connectivity index (χ1n) is 6.31. The van der Waals surface area contributed by atoms with Crippen molar-refractivity contribution in [2.75, 3.05) is 0 Å². The van der Waals surface area contributed by atoms with E-state index in [4.69, 9.17) is 5.73 Å². The van der Waals surface area contributed by atoms with Crippen molar-refractivity contribution in [1.29, 1.82) is 0 Å². The maximum atomic E-state index is 11.8.